The molecule has 1 aromatic carbocycles. The third-order valence-corrected chi connectivity index (χ3v) is 6.84. The summed E-state index contributed by atoms with van der Waals surface area (Å²) >= 11 is 6.22. The molecule has 3 N–H and O–H groups in total. The van der Waals surface area contributed by atoms with Crippen LogP contribution in [-0.4, -0.2) is 43.3 Å². The number of amides is 1. The van der Waals surface area contributed by atoms with Crippen LogP contribution in [0.25, 0.3) is 0 Å². The largest absolute Gasteiger partial charge is 0.432 e. The zero-order valence-electron chi connectivity index (χ0n) is 15.3. The lowest BCUT2D eigenvalue weighted by Gasteiger charge is -2.24. The molecule has 0 saturated carbocycles. The van der Waals surface area contributed by atoms with Crippen molar-refractivity contribution in [1.29, 1.82) is 0 Å². The van der Waals surface area contributed by atoms with Crippen LogP contribution >= 0.6 is 11.6 Å². The van der Waals surface area contributed by atoms with Gasteiger partial charge < -0.3 is 10.6 Å². The molecule has 1 amide bonds. The van der Waals surface area contributed by atoms with Gasteiger partial charge in [-0.25, -0.2) is 0 Å². The molecule has 0 aliphatic carbocycles. The third kappa shape index (κ3) is 5.30. The van der Waals surface area contributed by atoms with Crippen LogP contribution in [0.2, 0.25) is 5.02 Å². The standard InChI is InChI=1S/C18H20ClF3N4O2S/c19-16-12(2-1-3-13(16)23)9-26(6-4-11-5-7-29(28)10-11)17(27)14-8-15(25-24-14)18(20,21)22/h1-3,8,11H,4-7,9-10,23H2,(H,24,25). The maximum atomic E-state index is 12.9. The minimum Gasteiger partial charge on any atom is -0.398 e. The summed E-state index contributed by atoms with van der Waals surface area (Å²) in [5.41, 5.74) is 5.33. The van der Waals surface area contributed by atoms with Crippen molar-refractivity contribution in [2.24, 2.45) is 5.92 Å². The average Bonchev–Trinajstić information content (AvgIpc) is 3.30. The van der Waals surface area contributed by atoms with Gasteiger partial charge in [0.25, 0.3) is 5.91 Å². The fourth-order valence-electron chi connectivity index (χ4n) is 3.21. The lowest BCUT2D eigenvalue weighted by molar-refractivity contribution is -0.141. The third-order valence-electron chi connectivity index (χ3n) is 4.84. The second-order valence-electron chi connectivity index (χ2n) is 6.97. The van der Waals surface area contributed by atoms with Crippen molar-refractivity contribution < 1.29 is 22.2 Å². The minimum absolute atomic E-state index is 0.0761. The number of nitrogen functional groups attached to an aromatic ring is 1. The molecule has 0 radical (unpaired) electrons. The number of nitrogens with one attached hydrogen (secondary N) is 1. The topological polar surface area (TPSA) is 92.1 Å². The predicted molar refractivity (Wildman–Crippen MR) is 105 cm³/mol. The van der Waals surface area contributed by atoms with Gasteiger partial charge in [0, 0.05) is 41.5 Å². The van der Waals surface area contributed by atoms with Gasteiger partial charge in [-0.3, -0.25) is 14.1 Å². The first-order valence-electron chi connectivity index (χ1n) is 8.95. The van der Waals surface area contributed by atoms with Gasteiger partial charge in [-0.1, -0.05) is 23.7 Å². The number of aromatic nitrogens is 2. The monoisotopic (exact) mass is 448 g/mol. The molecule has 3 rings (SSSR count). The number of carbonyl (C=O) groups excluding carboxylic acids is 1. The summed E-state index contributed by atoms with van der Waals surface area (Å²) in [5.74, 6) is 0.761. The lowest BCUT2D eigenvalue weighted by atomic mass is 10.0. The van der Waals surface area contributed by atoms with Gasteiger partial charge in [-0.15, -0.1) is 0 Å². The van der Waals surface area contributed by atoms with E-state index in [-0.39, 0.29) is 24.7 Å². The molecule has 0 spiro atoms. The lowest BCUT2D eigenvalue weighted by Crippen LogP contribution is -2.33. The van der Waals surface area contributed by atoms with Crippen molar-refractivity contribution in [1.82, 2.24) is 15.1 Å². The Labute approximate surface area is 173 Å². The maximum absolute atomic E-state index is 12.9. The summed E-state index contributed by atoms with van der Waals surface area (Å²) in [6, 6.07) is 5.71. The molecule has 158 valence electrons. The molecule has 0 bridgehead atoms. The van der Waals surface area contributed by atoms with Gasteiger partial charge >= 0.3 is 6.18 Å². The molecule has 2 heterocycles. The second-order valence-corrected chi connectivity index (χ2v) is 8.96. The summed E-state index contributed by atoms with van der Waals surface area (Å²) in [7, 11) is -0.849. The van der Waals surface area contributed by atoms with E-state index in [4.69, 9.17) is 17.3 Å². The van der Waals surface area contributed by atoms with Crippen molar-refractivity contribution in [3.63, 3.8) is 0 Å². The molecule has 2 aromatic rings. The van der Waals surface area contributed by atoms with Crippen LogP contribution in [-0.2, 0) is 23.5 Å². The van der Waals surface area contributed by atoms with E-state index in [1.54, 1.807) is 18.2 Å². The fourth-order valence-corrected chi connectivity index (χ4v) is 5.02. The highest BCUT2D eigenvalue weighted by Gasteiger charge is 2.34. The number of nitrogens with zero attached hydrogens (tertiary/aromatic N) is 2. The van der Waals surface area contributed by atoms with E-state index in [1.807, 2.05) is 5.10 Å². The normalized spacial score (nSPS) is 19.4. The number of hydrogen-bond acceptors (Lipinski definition) is 4. The summed E-state index contributed by atoms with van der Waals surface area (Å²) in [6.45, 7) is 0.354. The van der Waals surface area contributed by atoms with Crippen molar-refractivity contribution in [2.45, 2.75) is 25.6 Å². The molecule has 2 unspecified atom stereocenters. The molecule has 1 aliphatic heterocycles. The van der Waals surface area contributed by atoms with E-state index < -0.39 is 28.6 Å². The number of hydrogen-bond donors (Lipinski definition) is 2. The van der Waals surface area contributed by atoms with E-state index in [1.165, 1.54) is 4.90 Å². The van der Waals surface area contributed by atoms with Crippen LogP contribution in [0.5, 0.6) is 0 Å². The van der Waals surface area contributed by atoms with Crippen LogP contribution in [0.4, 0.5) is 18.9 Å². The Morgan fingerprint density at radius 2 is 2.17 bits per heavy atom. The number of nitrogens with two attached hydrogens (primary N) is 1. The molecular weight excluding hydrogens is 429 g/mol. The summed E-state index contributed by atoms with van der Waals surface area (Å²) in [6.07, 6.45) is -3.23. The van der Waals surface area contributed by atoms with Crippen molar-refractivity contribution in [3.8, 4) is 0 Å². The Bertz CT molecular complexity index is 919. The number of halogens is 4. The first-order valence-corrected chi connectivity index (χ1v) is 10.8. The second kappa shape index (κ2) is 8.74. The smallest absolute Gasteiger partial charge is 0.398 e. The Kier molecular flexibility index (Phi) is 6.52. The van der Waals surface area contributed by atoms with Gasteiger partial charge in [0.15, 0.2) is 5.69 Å². The molecule has 11 heteroatoms. The van der Waals surface area contributed by atoms with Crippen molar-refractivity contribution in [3.05, 3.63) is 46.2 Å². The molecule has 1 aliphatic rings. The van der Waals surface area contributed by atoms with E-state index in [0.29, 0.717) is 40.3 Å². The highest BCUT2D eigenvalue weighted by Crippen LogP contribution is 2.29. The zero-order chi connectivity index (χ0) is 21.2. The van der Waals surface area contributed by atoms with Gasteiger partial charge in [-0.05, 0) is 30.4 Å². The van der Waals surface area contributed by atoms with Gasteiger partial charge in [0.05, 0.1) is 10.7 Å². The van der Waals surface area contributed by atoms with Crippen LogP contribution in [0, 0.1) is 5.92 Å². The number of carbonyl (C=O) groups is 1. The van der Waals surface area contributed by atoms with Crippen molar-refractivity contribution in [2.75, 3.05) is 23.8 Å². The summed E-state index contributed by atoms with van der Waals surface area (Å²) in [5, 5.41) is 5.69. The fraction of sp³-hybridized carbons (Fsp3) is 0.444. The minimum atomic E-state index is -4.62. The molecule has 29 heavy (non-hydrogen) atoms. The highest BCUT2D eigenvalue weighted by molar-refractivity contribution is 7.85. The Balaban J connectivity index is 1.81. The number of H-pyrrole nitrogens is 1. The van der Waals surface area contributed by atoms with Gasteiger partial charge in [-0.2, -0.15) is 18.3 Å². The van der Waals surface area contributed by atoms with Crippen LogP contribution < -0.4 is 5.73 Å². The van der Waals surface area contributed by atoms with E-state index in [0.717, 1.165) is 6.42 Å². The Hall–Kier alpha value is -2.07. The highest BCUT2D eigenvalue weighted by atomic mass is 35.5. The first kappa shape index (κ1) is 21.6. The molecule has 1 aromatic heterocycles. The first-order chi connectivity index (χ1) is 13.6. The summed E-state index contributed by atoms with van der Waals surface area (Å²) in [4.78, 5) is 14.3. The van der Waals surface area contributed by atoms with Crippen LogP contribution in [0.3, 0.4) is 0 Å². The van der Waals surface area contributed by atoms with Gasteiger partial charge in [0.1, 0.15) is 5.69 Å². The van der Waals surface area contributed by atoms with E-state index in [2.05, 4.69) is 5.10 Å². The van der Waals surface area contributed by atoms with Gasteiger partial charge in [0.2, 0.25) is 0 Å². The van der Waals surface area contributed by atoms with Crippen LogP contribution in [0.1, 0.15) is 34.6 Å². The predicted octanol–water partition coefficient (Wildman–Crippen LogP) is 3.47. The number of benzene rings is 1. The number of alkyl halides is 3. The molecular formula is C18H20ClF3N4O2S. The number of anilines is 1. The molecule has 1 fully saturated rings. The molecule has 2 atom stereocenters. The Morgan fingerprint density at radius 1 is 1.41 bits per heavy atom. The molecule has 6 nitrogen and oxygen atoms in total. The maximum Gasteiger partial charge on any atom is 0.432 e. The van der Waals surface area contributed by atoms with Crippen LogP contribution in [0.15, 0.2) is 24.3 Å². The van der Waals surface area contributed by atoms with E-state index in [9.17, 15) is 22.2 Å². The van der Waals surface area contributed by atoms with Crippen molar-refractivity contribution >= 4 is 34.0 Å². The SMILES string of the molecule is Nc1cccc(CN(CCC2CCS(=O)C2)C(=O)c2cc(C(F)(F)F)[nH]n2)c1Cl. The average molecular weight is 449 g/mol. The quantitative estimate of drug-likeness (QED) is 0.662. The Morgan fingerprint density at radius 3 is 2.79 bits per heavy atom. The number of rotatable bonds is 6. The zero-order valence-corrected chi connectivity index (χ0v) is 16.9. The summed E-state index contributed by atoms with van der Waals surface area (Å²) < 4.78 is 50.1. The number of aromatic amines is 1. The van der Waals surface area contributed by atoms with E-state index >= 15 is 0 Å². The molecule has 1 saturated heterocycles.